The van der Waals surface area contributed by atoms with Crippen molar-refractivity contribution >= 4 is 19.8 Å². The first-order valence-corrected chi connectivity index (χ1v) is 23.2. The number of ether oxygens (including phenoxy) is 2. The lowest BCUT2D eigenvalue weighted by atomic mass is 10.1. The fourth-order valence-electron chi connectivity index (χ4n) is 5.68. The highest BCUT2D eigenvalue weighted by Crippen LogP contribution is 2.38. The van der Waals surface area contributed by atoms with Crippen LogP contribution in [0.1, 0.15) is 181 Å². The van der Waals surface area contributed by atoms with Gasteiger partial charge in [0.15, 0.2) is 6.10 Å². The summed E-state index contributed by atoms with van der Waals surface area (Å²) in [4.78, 5) is 37.5. The van der Waals surface area contributed by atoms with Crippen molar-refractivity contribution in [2.75, 3.05) is 47.5 Å². The molecule has 0 aliphatic rings. The van der Waals surface area contributed by atoms with E-state index >= 15 is 0 Å². The molecule has 0 fully saturated rings. The molecule has 0 aromatic rings. The number of carbonyl (C=O) groups excluding carboxylic acids is 2. The monoisotopic (exact) mass is 784 g/mol. The van der Waals surface area contributed by atoms with Crippen LogP contribution in [0, 0.1) is 0 Å². The number of unbranched alkanes of at least 4 members (excludes halogenated alkanes) is 19. The van der Waals surface area contributed by atoms with Crippen LogP contribution in [-0.2, 0) is 32.7 Å². The van der Waals surface area contributed by atoms with E-state index in [2.05, 4.69) is 50.3 Å². The Morgan fingerprint density at radius 3 is 1.52 bits per heavy atom. The molecule has 10 heteroatoms. The van der Waals surface area contributed by atoms with Crippen molar-refractivity contribution in [1.29, 1.82) is 0 Å². The maximum atomic E-state index is 12.7. The molecular formula is C44H82NO8P. The number of likely N-dealkylation sites (N-methyl/N-ethyl adjacent to an activating group) is 1. The molecule has 0 aromatic carbocycles. The van der Waals surface area contributed by atoms with Gasteiger partial charge in [0.2, 0.25) is 0 Å². The third-order valence-corrected chi connectivity index (χ3v) is 10.1. The van der Waals surface area contributed by atoms with E-state index in [1.807, 2.05) is 21.1 Å². The lowest BCUT2D eigenvalue weighted by Crippen LogP contribution is -2.37. The van der Waals surface area contributed by atoms with Gasteiger partial charge in [0.1, 0.15) is 19.8 Å². The maximum Gasteiger partial charge on any atom is 0.306 e. The van der Waals surface area contributed by atoms with E-state index in [-0.39, 0.29) is 26.1 Å². The Morgan fingerprint density at radius 2 is 1.00 bits per heavy atom. The van der Waals surface area contributed by atoms with Crippen molar-refractivity contribution in [2.45, 2.75) is 187 Å². The Hall–Kier alpha value is -1.77. The number of quaternary nitrogens is 1. The summed E-state index contributed by atoms with van der Waals surface area (Å²) in [5, 5.41) is 0. The van der Waals surface area contributed by atoms with Gasteiger partial charge in [-0.15, -0.1) is 0 Å². The molecule has 0 N–H and O–H groups in total. The SMILES string of the molecule is CCCCC/C=C\C/C=C\CCCCCCCC(=O)OC(COC(=O)CCCCCCC/C=C\CCCCCCCC)COP(=O)([O-])OCC[N+](C)(C)C. The van der Waals surface area contributed by atoms with Gasteiger partial charge in [-0.05, 0) is 70.6 Å². The predicted molar refractivity (Wildman–Crippen MR) is 222 cm³/mol. The van der Waals surface area contributed by atoms with Crippen LogP contribution < -0.4 is 4.89 Å². The zero-order valence-corrected chi connectivity index (χ0v) is 36.3. The van der Waals surface area contributed by atoms with Gasteiger partial charge in [-0.1, -0.05) is 134 Å². The zero-order valence-electron chi connectivity index (χ0n) is 35.4. The number of esters is 2. The second kappa shape index (κ2) is 36.8. The fraction of sp³-hybridized carbons (Fsp3) is 0.818. The summed E-state index contributed by atoms with van der Waals surface area (Å²) < 4.78 is 33.8. The molecule has 0 aliphatic carbocycles. The Morgan fingerprint density at radius 1 is 0.574 bits per heavy atom. The van der Waals surface area contributed by atoms with Crippen LogP contribution in [0.5, 0.6) is 0 Å². The van der Waals surface area contributed by atoms with Crippen LogP contribution in [0.25, 0.3) is 0 Å². The minimum Gasteiger partial charge on any atom is -0.756 e. The lowest BCUT2D eigenvalue weighted by molar-refractivity contribution is -0.870. The summed E-state index contributed by atoms with van der Waals surface area (Å²) in [6.07, 6.45) is 40.2. The lowest BCUT2D eigenvalue weighted by Gasteiger charge is -2.28. The molecule has 0 saturated carbocycles. The van der Waals surface area contributed by atoms with Gasteiger partial charge in [0, 0.05) is 12.8 Å². The Labute approximate surface area is 331 Å². The van der Waals surface area contributed by atoms with Crippen molar-refractivity contribution in [3.63, 3.8) is 0 Å². The standard InChI is InChI=1S/C44H82NO8P/c1-6-8-10-12-14-16-18-20-22-24-26-28-30-32-34-36-43(46)50-40-42(41-52-54(48,49)51-39-38-45(3,4)5)53-44(47)37-35-33-31-29-27-25-23-21-19-17-15-13-11-9-7-2/h15,17,20-23,42H,6-14,16,18-19,24-41H2,1-5H3/b17-15-,22-20-,23-21-. The first kappa shape index (κ1) is 52.2. The first-order valence-electron chi connectivity index (χ1n) is 21.7. The largest absolute Gasteiger partial charge is 0.756 e. The number of nitrogens with zero attached hydrogens (tertiary/aromatic N) is 1. The molecule has 2 atom stereocenters. The van der Waals surface area contributed by atoms with Crippen molar-refractivity contribution in [2.24, 2.45) is 0 Å². The molecule has 0 amide bonds. The molecule has 9 nitrogen and oxygen atoms in total. The van der Waals surface area contributed by atoms with Gasteiger partial charge in [-0.2, -0.15) is 0 Å². The Kier molecular flexibility index (Phi) is 35.6. The molecule has 0 bridgehead atoms. The number of phosphoric ester groups is 1. The van der Waals surface area contributed by atoms with Gasteiger partial charge >= 0.3 is 11.9 Å². The zero-order chi connectivity index (χ0) is 40.0. The number of phosphoric acid groups is 1. The molecule has 54 heavy (non-hydrogen) atoms. The van der Waals surface area contributed by atoms with Crippen molar-refractivity contribution in [1.82, 2.24) is 0 Å². The fourth-order valence-corrected chi connectivity index (χ4v) is 6.41. The first-order chi connectivity index (χ1) is 26.0. The number of allylic oxidation sites excluding steroid dienone is 6. The molecular weight excluding hydrogens is 701 g/mol. The smallest absolute Gasteiger partial charge is 0.306 e. The quantitative estimate of drug-likeness (QED) is 0.0199. The molecule has 0 rings (SSSR count). The van der Waals surface area contributed by atoms with E-state index in [1.165, 1.54) is 70.6 Å². The minimum atomic E-state index is -4.63. The summed E-state index contributed by atoms with van der Waals surface area (Å²) in [5.74, 6) is -0.860. The average Bonchev–Trinajstić information content (AvgIpc) is 3.12. The van der Waals surface area contributed by atoms with E-state index in [9.17, 15) is 19.0 Å². The minimum absolute atomic E-state index is 0.0352. The molecule has 0 radical (unpaired) electrons. The molecule has 2 unspecified atom stereocenters. The van der Waals surface area contributed by atoms with Crippen molar-refractivity contribution < 1.29 is 42.1 Å². The summed E-state index contributed by atoms with van der Waals surface area (Å²) in [5.41, 5.74) is 0. The number of rotatable bonds is 39. The van der Waals surface area contributed by atoms with E-state index in [1.54, 1.807) is 0 Å². The third-order valence-electron chi connectivity index (χ3n) is 9.13. The van der Waals surface area contributed by atoms with E-state index in [4.69, 9.17) is 18.5 Å². The van der Waals surface area contributed by atoms with Crippen LogP contribution in [-0.4, -0.2) is 70.0 Å². The molecule has 0 aliphatic heterocycles. The van der Waals surface area contributed by atoms with Crippen LogP contribution in [0.15, 0.2) is 36.5 Å². The summed E-state index contributed by atoms with van der Waals surface area (Å²) in [6.45, 7) is 4.16. The average molecular weight is 784 g/mol. The molecule has 0 saturated heterocycles. The predicted octanol–water partition coefficient (Wildman–Crippen LogP) is 11.5. The normalized spacial score (nSPS) is 14.0. The second-order valence-electron chi connectivity index (χ2n) is 15.7. The van der Waals surface area contributed by atoms with Crippen molar-refractivity contribution in [3.8, 4) is 0 Å². The van der Waals surface area contributed by atoms with Gasteiger partial charge in [0.05, 0.1) is 27.7 Å². The maximum absolute atomic E-state index is 12.7. The van der Waals surface area contributed by atoms with E-state index in [0.717, 1.165) is 77.0 Å². The highest BCUT2D eigenvalue weighted by molar-refractivity contribution is 7.45. The Balaban J connectivity index is 4.41. The molecule has 316 valence electrons. The molecule has 0 spiro atoms. The third kappa shape index (κ3) is 39.9. The number of hydrogen-bond donors (Lipinski definition) is 0. The highest BCUT2D eigenvalue weighted by atomic mass is 31.2. The van der Waals surface area contributed by atoms with Crippen LogP contribution >= 0.6 is 7.82 Å². The Bertz CT molecular complexity index is 1020. The number of hydrogen-bond acceptors (Lipinski definition) is 8. The van der Waals surface area contributed by atoms with Gasteiger partial charge < -0.3 is 27.9 Å². The van der Waals surface area contributed by atoms with Crippen LogP contribution in [0.2, 0.25) is 0 Å². The van der Waals surface area contributed by atoms with E-state index in [0.29, 0.717) is 17.4 Å². The summed E-state index contributed by atoms with van der Waals surface area (Å²) in [7, 11) is 1.15. The topological polar surface area (TPSA) is 111 Å². The van der Waals surface area contributed by atoms with Crippen molar-refractivity contribution in [3.05, 3.63) is 36.5 Å². The van der Waals surface area contributed by atoms with Gasteiger partial charge in [-0.25, -0.2) is 0 Å². The summed E-state index contributed by atoms with van der Waals surface area (Å²) >= 11 is 0. The summed E-state index contributed by atoms with van der Waals surface area (Å²) in [6, 6.07) is 0. The van der Waals surface area contributed by atoms with Gasteiger partial charge in [0.25, 0.3) is 7.82 Å². The van der Waals surface area contributed by atoms with Gasteiger partial charge in [-0.3, -0.25) is 14.2 Å². The second-order valence-corrected chi connectivity index (χ2v) is 17.1. The molecule has 0 heterocycles. The molecule has 0 aromatic heterocycles. The van der Waals surface area contributed by atoms with Crippen LogP contribution in [0.4, 0.5) is 0 Å². The van der Waals surface area contributed by atoms with Crippen LogP contribution in [0.3, 0.4) is 0 Å². The number of carbonyl (C=O) groups is 2. The highest BCUT2D eigenvalue weighted by Gasteiger charge is 2.21. The van der Waals surface area contributed by atoms with E-state index < -0.39 is 32.5 Å².